The summed E-state index contributed by atoms with van der Waals surface area (Å²) in [4.78, 5) is 12.9. The van der Waals surface area contributed by atoms with Crippen LogP contribution in [0.3, 0.4) is 0 Å². The van der Waals surface area contributed by atoms with E-state index in [9.17, 15) is 4.79 Å². The highest BCUT2D eigenvalue weighted by atomic mass is 16.1. The van der Waals surface area contributed by atoms with Crippen LogP contribution in [0.4, 0.5) is 0 Å². The van der Waals surface area contributed by atoms with Gasteiger partial charge in [-0.2, -0.15) is 0 Å². The van der Waals surface area contributed by atoms with Gasteiger partial charge in [0.05, 0.1) is 12.2 Å². The van der Waals surface area contributed by atoms with Crippen LogP contribution in [-0.4, -0.2) is 29.8 Å². The zero-order chi connectivity index (χ0) is 21.8. The molecule has 0 fully saturated rings. The summed E-state index contributed by atoms with van der Waals surface area (Å²) < 4.78 is 3.61. The average Bonchev–Trinajstić information content (AvgIpc) is 3.42. The number of hydrogen-bond acceptors (Lipinski definition) is 4. The Hall–Kier alpha value is -3.74. The van der Waals surface area contributed by atoms with Crippen LogP contribution in [0.1, 0.15) is 44.5 Å². The first-order chi connectivity index (χ1) is 15.1. The number of nitrogens with zero attached hydrogens (tertiary/aromatic N) is 5. The van der Waals surface area contributed by atoms with Crippen molar-refractivity contribution in [1.29, 1.82) is 0 Å². The van der Waals surface area contributed by atoms with Gasteiger partial charge in [0.15, 0.2) is 5.82 Å². The highest BCUT2D eigenvalue weighted by Crippen LogP contribution is 2.29. The molecule has 0 amide bonds. The lowest BCUT2D eigenvalue weighted by atomic mass is 9.98. The van der Waals surface area contributed by atoms with Crippen LogP contribution in [0, 0.1) is 0 Å². The number of nitrogens with one attached hydrogen (secondary N) is 1. The van der Waals surface area contributed by atoms with Crippen LogP contribution in [0.15, 0.2) is 65.6 Å². The molecule has 0 aliphatic carbocycles. The van der Waals surface area contributed by atoms with Crippen molar-refractivity contribution < 1.29 is 0 Å². The van der Waals surface area contributed by atoms with Gasteiger partial charge in [-0.25, -0.2) is 9.89 Å². The molecular weight excluding hydrogens is 388 g/mol. The molecule has 4 rings (SSSR count). The molecule has 2 heterocycles. The highest BCUT2D eigenvalue weighted by Gasteiger charge is 2.13. The van der Waals surface area contributed by atoms with Gasteiger partial charge >= 0.3 is 5.69 Å². The number of allylic oxidation sites excluding steroid dienone is 1. The smallest absolute Gasteiger partial charge is 0.296 e. The van der Waals surface area contributed by atoms with Gasteiger partial charge in [-0.1, -0.05) is 61.5 Å². The highest BCUT2D eigenvalue weighted by molar-refractivity contribution is 5.80. The number of imidazole rings is 1. The Bertz CT molecular complexity index is 1230. The number of H-pyrrole nitrogens is 1. The molecule has 0 spiro atoms. The molecule has 0 bridgehead atoms. The SMILES string of the molecule is CC/C=C/c1cn(C(C)C)c(=O)n1Cc1ccc(-c2ccccc2-c2nnn[nH]2)cc1. The summed E-state index contributed by atoms with van der Waals surface area (Å²) >= 11 is 0. The van der Waals surface area contributed by atoms with Crippen molar-refractivity contribution in [2.75, 3.05) is 0 Å². The van der Waals surface area contributed by atoms with Crippen molar-refractivity contribution in [1.82, 2.24) is 29.8 Å². The van der Waals surface area contributed by atoms with Crippen molar-refractivity contribution in [3.8, 4) is 22.5 Å². The largest absolute Gasteiger partial charge is 0.329 e. The third-order valence-corrected chi connectivity index (χ3v) is 5.25. The van der Waals surface area contributed by atoms with Crippen LogP contribution in [0.2, 0.25) is 0 Å². The predicted octanol–water partition coefficient (Wildman–Crippen LogP) is 4.55. The first kappa shape index (κ1) is 20.5. The monoisotopic (exact) mass is 414 g/mol. The average molecular weight is 415 g/mol. The molecule has 7 heteroatoms. The molecule has 2 aromatic carbocycles. The van der Waals surface area contributed by atoms with Gasteiger partial charge in [-0.15, -0.1) is 5.10 Å². The fourth-order valence-corrected chi connectivity index (χ4v) is 3.60. The van der Waals surface area contributed by atoms with Crippen LogP contribution in [-0.2, 0) is 6.54 Å². The standard InChI is InChI=1S/C24H26N6O/c1-4-5-8-20-16-29(17(2)3)24(31)30(20)15-18-11-13-19(14-12-18)21-9-6-7-10-22(21)23-25-27-28-26-23/h5-14,16-17H,4,15H2,1-3H3,(H,25,26,27,28)/b8-5+. The van der Waals surface area contributed by atoms with E-state index in [1.807, 2.05) is 55.0 Å². The molecule has 0 saturated carbocycles. The molecule has 0 saturated heterocycles. The maximum absolute atomic E-state index is 12.9. The van der Waals surface area contributed by atoms with Gasteiger partial charge in [-0.05, 0) is 53.5 Å². The molecule has 158 valence electrons. The van der Waals surface area contributed by atoms with Crippen LogP contribution in [0.25, 0.3) is 28.6 Å². The molecule has 0 atom stereocenters. The molecule has 4 aromatic rings. The van der Waals surface area contributed by atoms with Crippen LogP contribution in [0.5, 0.6) is 0 Å². The van der Waals surface area contributed by atoms with Crippen molar-refractivity contribution in [3.05, 3.63) is 82.5 Å². The molecule has 0 aliphatic rings. The van der Waals surface area contributed by atoms with E-state index in [1.165, 1.54) is 0 Å². The van der Waals surface area contributed by atoms with Crippen molar-refractivity contribution in [3.63, 3.8) is 0 Å². The fraction of sp³-hybridized carbons (Fsp3) is 0.250. The van der Waals surface area contributed by atoms with E-state index in [0.29, 0.717) is 12.4 Å². The molecule has 31 heavy (non-hydrogen) atoms. The van der Waals surface area contributed by atoms with E-state index < -0.39 is 0 Å². The number of hydrogen-bond donors (Lipinski definition) is 1. The lowest BCUT2D eigenvalue weighted by molar-refractivity contribution is 0.561. The molecule has 0 aliphatic heterocycles. The van der Waals surface area contributed by atoms with Gasteiger partial charge in [0.25, 0.3) is 0 Å². The molecule has 0 unspecified atom stereocenters. The first-order valence-electron chi connectivity index (χ1n) is 10.5. The first-order valence-corrected chi connectivity index (χ1v) is 10.5. The van der Waals surface area contributed by atoms with E-state index >= 15 is 0 Å². The minimum atomic E-state index is 0.0120. The molecule has 0 radical (unpaired) electrons. The zero-order valence-electron chi connectivity index (χ0n) is 18.0. The maximum atomic E-state index is 12.9. The van der Waals surface area contributed by atoms with E-state index in [-0.39, 0.29) is 11.7 Å². The van der Waals surface area contributed by atoms with Gasteiger partial charge in [0.2, 0.25) is 0 Å². The van der Waals surface area contributed by atoms with E-state index in [4.69, 9.17) is 0 Å². The molecule has 2 aromatic heterocycles. The number of aromatic amines is 1. The van der Waals surface area contributed by atoms with Crippen molar-refractivity contribution in [2.24, 2.45) is 0 Å². The second-order valence-corrected chi connectivity index (χ2v) is 7.73. The second kappa shape index (κ2) is 8.95. The minimum Gasteiger partial charge on any atom is -0.296 e. The van der Waals surface area contributed by atoms with Gasteiger partial charge < -0.3 is 0 Å². The molecule has 1 N–H and O–H groups in total. The summed E-state index contributed by atoms with van der Waals surface area (Å²) in [5.41, 5.74) is 5.05. The quantitative estimate of drug-likeness (QED) is 0.481. The van der Waals surface area contributed by atoms with Crippen molar-refractivity contribution in [2.45, 2.75) is 39.8 Å². The summed E-state index contributed by atoms with van der Waals surface area (Å²) in [5.74, 6) is 0.633. The number of benzene rings is 2. The lowest BCUT2D eigenvalue weighted by Crippen LogP contribution is -2.26. The third kappa shape index (κ3) is 4.26. The number of tetrazole rings is 1. The van der Waals surface area contributed by atoms with Crippen molar-refractivity contribution >= 4 is 6.08 Å². The van der Waals surface area contributed by atoms with E-state index in [0.717, 1.165) is 34.4 Å². The third-order valence-electron chi connectivity index (χ3n) is 5.25. The maximum Gasteiger partial charge on any atom is 0.329 e. The topological polar surface area (TPSA) is 81.4 Å². The zero-order valence-corrected chi connectivity index (χ0v) is 18.0. The molecule has 7 nitrogen and oxygen atoms in total. The molecular formula is C24H26N6O. The Kier molecular flexibility index (Phi) is 5.93. The summed E-state index contributed by atoms with van der Waals surface area (Å²) in [7, 11) is 0. The Balaban J connectivity index is 1.66. The number of aromatic nitrogens is 6. The Morgan fingerprint density at radius 2 is 1.81 bits per heavy atom. The second-order valence-electron chi connectivity index (χ2n) is 7.73. The van der Waals surface area contributed by atoms with Gasteiger partial charge in [0.1, 0.15) is 0 Å². The summed E-state index contributed by atoms with van der Waals surface area (Å²) in [6, 6.07) is 16.4. The normalized spacial score (nSPS) is 11.6. The summed E-state index contributed by atoms with van der Waals surface area (Å²) in [6.07, 6.45) is 6.97. The fourth-order valence-electron chi connectivity index (χ4n) is 3.60. The van der Waals surface area contributed by atoms with Crippen LogP contribution >= 0.6 is 0 Å². The summed E-state index contributed by atoms with van der Waals surface area (Å²) in [5, 5.41) is 14.2. The minimum absolute atomic E-state index is 0.0120. The summed E-state index contributed by atoms with van der Waals surface area (Å²) in [6.45, 7) is 6.66. The van der Waals surface area contributed by atoms with E-state index in [1.54, 1.807) is 4.57 Å². The number of rotatable bonds is 7. The van der Waals surface area contributed by atoms with Gasteiger partial charge in [-0.3, -0.25) is 9.13 Å². The van der Waals surface area contributed by atoms with Crippen LogP contribution < -0.4 is 5.69 Å². The lowest BCUT2D eigenvalue weighted by Gasteiger charge is -2.09. The van der Waals surface area contributed by atoms with E-state index in [2.05, 4.69) is 57.9 Å². The predicted molar refractivity (Wildman–Crippen MR) is 123 cm³/mol. The Morgan fingerprint density at radius 3 is 2.45 bits per heavy atom. The Labute approximate surface area is 181 Å². The Morgan fingerprint density at radius 1 is 1.06 bits per heavy atom. The van der Waals surface area contributed by atoms with Gasteiger partial charge in [0, 0.05) is 17.8 Å².